The van der Waals surface area contributed by atoms with Crippen molar-refractivity contribution in [1.29, 1.82) is 0 Å². The molecule has 0 aliphatic carbocycles. The average Bonchev–Trinajstić information content (AvgIpc) is 2.43. The number of amides is 1. The number of hydrogen-bond donors (Lipinski definition) is 3. The second-order valence-electron chi connectivity index (χ2n) is 6.48. The number of rotatable bonds is 5. The zero-order chi connectivity index (χ0) is 15.9. The summed E-state index contributed by atoms with van der Waals surface area (Å²) in [5, 5.41) is 9.55. The second-order valence-corrected chi connectivity index (χ2v) is 6.48. The highest BCUT2D eigenvalue weighted by Gasteiger charge is 2.30. The molecule has 0 saturated carbocycles. The fraction of sp³-hybridized carbons (Fsp3) is 0.867. The van der Waals surface area contributed by atoms with Gasteiger partial charge in [0, 0.05) is 19.6 Å². The van der Waals surface area contributed by atoms with Crippen molar-refractivity contribution in [2.45, 2.75) is 65.0 Å². The molecule has 1 aliphatic rings. The van der Waals surface area contributed by atoms with Crippen LogP contribution in [-0.2, 0) is 4.74 Å². The van der Waals surface area contributed by atoms with Crippen molar-refractivity contribution in [3.63, 3.8) is 0 Å². The number of hydrogen-bond acceptors (Lipinski definition) is 5. The first-order valence-corrected chi connectivity index (χ1v) is 7.83. The Morgan fingerprint density at radius 1 is 1.33 bits per heavy atom. The van der Waals surface area contributed by atoms with E-state index in [1.807, 2.05) is 20.8 Å². The van der Waals surface area contributed by atoms with Crippen molar-refractivity contribution in [3.8, 4) is 0 Å². The van der Waals surface area contributed by atoms with Crippen LogP contribution in [0.15, 0.2) is 4.99 Å². The van der Waals surface area contributed by atoms with Gasteiger partial charge in [0.05, 0.1) is 5.54 Å². The molecule has 122 valence electrons. The molecule has 3 N–H and O–H groups in total. The molecule has 0 fully saturated rings. The first-order valence-electron chi connectivity index (χ1n) is 7.83. The maximum atomic E-state index is 12.0. The predicted molar refractivity (Wildman–Crippen MR) is 85.6 cm³/mol. The summed E-state index contributed by atoms with van der Waals surface area (Å²) in [7, 11) is 0. The van der Waals surface area contributed by atoms with Crippen molar-refractivity contribution < 1.29 is 9.53 Å². The molecule has 0 bridgehead atoms. The Morgan fingerprint density at radius 2 is 2.00 bits per heavy atom. The highest BCUT2D eigenvalue weighted by Crippen LogP contribution is 2.16. The number of alkyl carbamates (subject to hydrolysis) is 1. The molecule has 0 atom stereocenters. The predicted octanol–water partition coefficient (Wildman–Crippen LogP) is 2.01. The summed E-state index contributed by atoms with van der Waals surface area (Å²) in [4.78, 5) is 16.4. The SMILES string of the molecule is CCC(CC)(CNC1=NCCCN1)NC(=O)OC(C)(C)C. The molecule has 0 saturated heterocycles. The van der Waals surface area contributed by atoms with Gasteiger partial charge in [0.2, 0.25) is 0 Å². The largest absolute Gasteiger partial charge is 0.444 e. The van der Waals surface area contributed by atoms with E-state index in [1.54, 1.807) is 0 Å². The van der Waals surface area contributed by atoms with Crippen molar-refractivity contribution in [3.05, 3.63) is 0 Å². The van der Waals surface area contributed by atoms with E-state index in [-0.39, 0.29) is 11.6 Å². The molecule has 6 heteroatoms. The van der Waals surface area contributed by atoms with Gasteiger partial charge in [-0.25, -0.2) is 4.79 Å². The standard InChI is InChI=1S/C15H30N4O2/c1-6-15(7-2,19-13(20)21-14(3,4)5)11-18-12-16-9-8-10-17-12/h6-11H2,1-5H3,(H,19,20)(H2,16,17,18). The van der Waals surface area contributed by atoms with E-state index in [0.717, 1.165) is 38.3 Å². The van der Waals surface area contributed by atoms with Crippen LogP contribution in [-0.4, -0.2) is 42.8 Å². The van der Waals surface area contributed by atoms with Gasteiger partial charge < -0.3 is 20.7 Å². The number of carbonyl (C=O) groups is 1. The zero-order valence-electron chi connectivity index (χ0n) is 14.0. The van der Waals surface area contributed by atoms with E-state index in [2.05, 4.69) is 34.8 Å². The highest BCUT2D eigenvalue weighted by molar-refractivity contribution is 5.80. The third kappa shape index (κ3) is 6.23. The Labute approximate surface area is 128 Å². The minimum Gasteiger partial charge on any atom is -0.444 e. The summed E-state index contributed by atoms with van der Waals surface area (Å²) in [6.45, 7) is 12.2. The van der Waals surface area contributed by atoms with Crippen LogP contribution in [0.1, 0.15) is 53.9 Å². The second kappa shape index (κ2) is 7.52. The quantitative estimate of drug-likeness (QED) is 0.726. The lowest BCUT2D eigenvalue weighted by atomic mass is 9.93. The summed E-state index contributed by atoms with van der Waals surface area (Å²) in [6.07, 6.45) is 2.34. The minimum absolute atomic E-state index is 0.329. The van der Waals surface area contributed by atoms with Gasteiger partial charge in [-0.1, -0.05) is 13.8 Å². The Hall–Kier alpha value is -1.46. The van der Waals surface area contributed by atoms with Crippen LogP contribution in [0, 0.1) is 0 Å². The van der Waals surface area contributed by atoms with Crippen LogP contribution >= 0.6 is 0 Å². The van der Waals surface area contributed by atoms with Crippen LogP contribution in [0.2, 0.25) is 0 Å². The summed E-state index contributed by atoms with van der Waals surface area (Å²) >= 11 is 0. The lowest BCUT2D eigenvalue weighted by Crippen LogP contribution is -2.57. The molecule has 0 unspecified atom stereocenters. The van der Waals surface area contributed by atoms with Crippen LogP contribution < -0.4 is 16.0 Å². The molecule has 1 amide bonds. The van der Waals surface area contributed by atoms with E-state index in [9.17, 15) is 4.79 Å². The lowest BCUT2D eigenvalue weighted by molar-refractivity contribution is 0.0448. The molecule has 1 heterocycles. The van der Waals surface area contributed by atoms with Crippen LogP contribution in [0.5, 0.6) is 0 Å². The summed E-state index contributed by atoms with van der Waals surface area (Å²) in [5.41, 5.74) is -0.816. The zero-order valence-corrected chi connectivity index (χ0v) is 14.0. The smallest absolute Gasteiger partial charge is 0.408 e. The monoisotopic (exact) mass is 298 g/mol. The maximum absolute atomic E-state index is 12.0. The third-order valence-electron chi connectivity index (χ3n) is 3.61. The maximum Gasteiger partial charge on any atom is 0.408 e. The van der Waals surface area contributed by atoms with Gasteiger partial charge in [-0.3, -0.25) is 4.99 Å². The van der Waals surface area contributed by atoms with Gasteiger partial charge in [0.1, 0.15) is 5.60 Å². The average molecular weight is 298 g/mol. The van der Waals surface area contributed by atoms with Crippen molar-refractivity contribution >= 4 is 12.1 Å². The minimum atomic E-state index is -0.486. The molecule has 6 nitrogen and oxygen atoms in total. The molecule has 1 aliphatic heterocycles. The Balaban J connectivity index is 2.60. The molecule has 0 aromatic rings. The fourth-order valence-electron chi connectivity index (χ4n) is 2.15. The van der Waals surface area contributed by atoms with Gasteiger partial charge in [-0.05, 0) is 40.0 Å². The highest BCUT2D eigenvalue weighted by atomic mass is 16.6. The van der Waals surface area contributed by atoms with Gasteiger partial charge >= 0.3 is 6.09 Å². The summed E-state index contributed by atoms with van der Waals surface area (Å²) < 4.78 is 5.37. The summed E-state index contributed by atoms with van der Waals surface area (Å²) in [6, 6.07) is 0. The van der Waals surface area contributed by atoms with Gasteiger partial charge in [0.25, 0.3) is 0 Å². The Kier molecular flexibility index (Phi) is 6.30. The van der Waals surface area contributed by atoms with Crippen molar-refractivity contribution in [2.75, 3.05) is 19.6 Å². The number of carbonyl (C=O) groups excluding carboxylic acids is 1. The normalized spacial score (nSPS) is 15.8. The van der Waals surface area contributed by atoms with E-state index >= 15 is 0 Å². The Bertz CT molecular complexity index is 370. The van der Waals surface area contributed by atoms with Crippen LogP contribution in [0.3, 0.4) is 0 Å². The Morgan fingerprint density at radius 3 is 2.48 bits per heavy atom. The van der Waals surface area contributed by atoms with Crippen molar-refractivity contribution in [1.82, 2.24) is 16.0 Å². The molecule has 0 aromatic heterocycles. The van der Waals surface area contributed by atoms with E-state index in [4.69, 9.17) is 4.74 Å². The van der Waals surface area contributed by atoms with Crippen molar-refractivity contribution in [2.24, 2.45) is 4.99 Å². The van der Waals surface area contributed by atoms with Gasteiger partial charge in [0.15, 0.2) is 5.96 Å². The first-order chi connectivity index (χ1) is 9.80. The molecule has 0 spiro atoms. The number of ether oxygens (including phenoxy) is 1. The summed E-state index contributed by atoms with van der Waals surface area (Å²) in [5.74, 6) is 0.818. The number of aliphatic imine (C=N–C) groups is 1. The third-order valence-corrected chi connectivity index (χ3v) is 3.61. The lowest BCUT2D eigenvalue weighted by Gasteiger charge is -2.34. The van der Waals surface area contributed by atoms with E-state index in [0.29, 0.717) is 6.54 Å². The topological polar surface area (TPSA) is 74.8 Å². The molecule has 0 aromatic carbocycles. The molecular weight excluding hydrogens is 268 g/mol. The number of nitrogens with one attached hydrogen (secondary N) is 3. The van der Waals surface area contributed by atoms with E-state index in [1.165, 1.54) is 0 Å². The molecule has 1 rings (SSSR count). The van der Waals surface area contributed by atoms with Gasteiger partial charge in [-0.15, -0.1) is 0 Å². The first kappa shape index (κ1) is 17.6. The van der Waals surface area contributed by atoms with Gasteiger partial charge in [-0.2, -0.15) is 0 Å². The molecular formula is C15H30N4O2. The van der Waals surface area contributed by atoms with Crippen LogP contribution in [0.4, 0.5) is 4.79 Å². The molecule has 0 radical (unpaired) electrons. The molecule has 21 heavy (non-hydrogen) atoms. The number of guanidine groups is 1. The fourth-order valence-corrected chi connectivity index (χ4v) is 2.15. The van der Waals surface area contributed by atoms with E-state index < -0.39 is 5.60 Å². The number of nitrogens with zero attached hydrogens (tertiary/aromatic N) is 1. The van der Waals surface area contributed by atoms with Crippen LogP contribution in [0.25, 0.3) is 0 Å².